The minimum Gasteiger partial charge on any atom is -0.299 e. The number of nitrogens with zero attached hydrogens (tertiary/aromatic N) is 3. The number of sulfonamides is 1. The summed E-state index contributed by atoms with van der Waals surface area (Å²) in [5.74, 6) is -0.00568. The highest BCUT2D eigenvalue weighted by atomic mass is 32.2. The molecule has 2 aromatic rings. The van der Waals surface area contributed by atoms with E-state index in [0.717, 1.165) is 5.56 Å². The molecule has 0 spiro atoms. The van der Waals surface area contributed by atoms with E-state index in [1.54, 1.807) is 19.1 Å². The molecule has 7 nitrogen and oxygen atoms in total. The number of thioether (sulfide) groups is 1. The first-order valence-electron chi connectivity index (χ1n) is 8.90. The molecule has 1 amide bonds. The fourth-order valence-corrected chi connectivity index (χ4v) is 6.40. The van der Waals surface area contributed by atoms with Crippen LogP contribution in [0, 0.1) is 5.82 Å². The lowest BCUT2D eigenvalue weighted by atomic mass is 10.2. The normalized spacial score (nSPS) is 17.7. The molecule has 28 heavy (non-hydrogen) atoms. The molecule has 2 heterocycles. The van der Waals surface area contributed by atoms with Crippen LogP contribution in [0.4, 0.5) is 9.52 Å². The average Bonchev–Trinajstić information content (AvgIpc) is 3.31. The maximum atomic E-state index is 12.9. The molecular weight excluding hydrogens is 423 g/mol. The van der Waals surface area contributed by atoms with E-state index in [4.69, 9.17) is 0 Å². The molecule has 0 aliphatic carbocycles. The van der Waals surface area contributed by atoms with E-state index >= 15 is 0 Å². The summed E-state index contributed by atoms with van der Waals surface area (Å²) in [5.41, 5.74) is 0.954. The third kappa shape index (κ3) is 5.28. The highest BCUT2D eigenvalue weighted by Gasteiger charge is 2.38. The fraction of sp³-hybridized carbons (Fsp3) is 0.471. The van der Waals surface area contributed by atoms with Gasteiger partial charge in [0.15, 0.2) is 4.34 Å². The predicted molar refractivity (Wildman–Crippen MR) is 108 cm³/mol. The SMILES string of the molecule is CCCS(=O)(=O)N1CCC[C@H]1C(=O)Nc1nnc(SCc2ccc(F)cc2)s1. The van der Waals surface area contributed by atoms with Gasteiger partial charge in [0.05, 0.1) is 5.75 Å². The number of rotatable bonds is 8. The quantitative estimate of drug-likeness (QED) is 0.497. The van der Waals surface area contributed by atoms with Crippen molar-refractivity contribution in [2.75, 3.05) is 17.6 Å². The third-order valence-corrected chi connectivity index (χ3v) is 8.36. The second-order valence-electron chi connectivity index (χ2n) is 6.36. The van der Waals surface area contributed by atoms with Gasteiger partial charge in [0.25, 0.3) is 0 Å². The van der Waals surface area contributed by atoms with Crippen LogP contribution in [0.25, 0.3) is 0 Å². The van der Waals surface area contributed by atoms with Crippen LogP contribution in [-0.2, 0) is 20.6 Å². The van der Waals surface area contributed by atoms with Gasteiger partial charge in [-0.25, -0.2) is 12.8 Å². The summed E-state index contributed by atoms with van der Waals surface area (Å²) in [4.78, 5) is 12.6. The minimum absolute atomic E-state index is 0.0414. The molecule has 1 aromatic heterocycles. The Morgan fingerprint density at radius 1 is 1.36 bits per heavy atom. The fourth-order valence-electron chi connectivity index (χ4n) is 2.94. The van der Waals surface area contributed by atoms with E-state index in [1.165, 1.54) is 39.5 Å². The maximum absolute atomic E-state index is 12.9. The third-order valence-electron chi connectivity index (χ3n) is 4.24. The summed E-state index contributed by atoms with van der Waals surface area (Å²) in [6, 6.07) is 5.52. The molecule has 0 saturated carbocycles. The average molecular weight is 445 g/mol. The van der Waals surface area contributed by atoms with Gasteiger partial charge in [0, 0.05) is 12.3 Å². The molecule has 1 N–H and O–H groups in total. The summed E-state index contributed by atoms with van der Waals surface area (Å²) < 4.78 is 39.6. The smallest absolute Gasteiger partial charge is 0.244 e. The van der Waals surface area contributed by atoms with Gasteiger partial charge < -0.3 is 0 Å². The Bertz CT molecular complexity index is 918. The van der Waals surface area contributed by atoms with Crippen molar-refractivity contribution in [2.45, 2.75) is 42.3 Å². The van der Waals surface area contributed by atoms with Crippen molar-refractivity contribution < 1.29 is 17.6 Å². The van der Waals surface area contributed by atoms with E-state index in [-0.39, 0.29) is 17.5 Å². The standard InChI is InChI=1S/C17H21FN4O3S3/c1-2-10-28(24,25)22-9-3-4-14(22)15(23)19-16-20-21-17(27-16)26-11-12-5-7-13(18)8-6-12/h5-8,14H,2-4,9-11H2,1H3,(H,19,20,23)/t14-/m0/s1. The zero-order valence-electron chi connectivity index (χ0n) is 15.3. The van der Waals surface area contributed by atoms with Gasteiger partial charge in [-0.1, -0.05) is 42.2 Å². The van der Waals surface area contributed by atoms with Crippen LogP contribution in [0.5, 0.6) is 0 Å². The first kappa shape index (κ1) is 21.2. The van der Waals surface area contributed by atoms with E-state index in [1.807, 2.05) is 0 Å². The Morgan fingerprint density at radius 3 is 2.82 bits per heavy atom. The highest BCUT2D eigenvalue weighted by Crippen LogP contribution is 2.29. The summed E-state index contributed by atoms with van der Waals surface area (Å²) in [6.07, 6.45) is 1.67. The van der Waals surface area contributed by atoms with Gasteiger partial charge in [-0.3, -0.25) is 10.1 Å². The molecule has 1 aromatic carbocycles. The molecule has 152 valence electrons. The van der Waals surface area contributed by atoms with Gasteiger partial charge in [-0.15, -0.1) is 10.2 Å². The molecule has 3 rings (SSSR count). The minimum atomic E-state index is -3.42. The number of halogens is 1. The van der Waals surface area contributed by atoms with E-state index in [9.17, 15) is 17.6 Å². The number of anilines is 1. The van der Waals surface area contributed by atoms with Gasteiger partial charge in [-0.05, 0) is 37.0 Å². The van der Waals surface area contributed by atoms with Crippen LogP contribution < -0.4 is 5.32 Å². The second kappa shape index (κ2) is 9.29. The molecule has 1 saturated heterocycles. The van der Waals surface area contributed by atoms with E-state index < -0.39 is 16.1 Å². The summed E-state index contributed by atoms with van der Waals surface area (Å²) in [5, 5.41) is 11.0. The van der Waals surface area contributed by atoms with Crippen LogP contribution in [0.2, 0.25) is 0 Å². The lowest BCUT2D eigenvalue weighted by molar-refractivity contribution is -0.119. The van der Waals surface area contributed by atoms with Gasteiger partial charge in [-0.2, -0.15) is 4.31 Å². The molecule has 0 radical (unpaired) electrons. The molecule has 0 unspecified atom stereocenters. The number of carbonyl (C=O) groups is 1. The number of hydrogen-bond acceptors (Lipinski definition) is 7. The van der Waals surface area contributed by atoms with Crippen LogP contribution in [0.3, 0.4) is 0 Å². The Kier molecular flexibility index (Phi) is 7.02. The van der Waals surface area contributed by atoms with Crippen LogP contribution >= 0.6 is 23.1 Å². The van der Waals surface area contributed by atoms with E-state index in [2.05, 4.69) is 15.5 Å². The van der Waals surface area contributed by atoms with Crippen molar-refractivity contribution in [1.82, 2.24) is 14.5 Å². The highest BCUT2D eigenvalue weighted by molar-refractivity contribution is 8.00. The molecule has 11 heteroatoms. The monoisotopic (exact) mass is 444 g/mol. The number of aromatic nitrogens is 2. The van der Waals surface area contributed by atoms with Crippen molar-refractivity contribution in [3.05, 3.63) is 35.6 Å². The zero-order valence-corrected chi connectivity index (χ0v) is 17.7. The van der Waals surface area contributed by atoms with Crippen LogP contribution in [-0.4, -0.2) is 47.2 Å². The summed E-state index contributed by atoms with van der Waals surface area (Å²) in [6.45, 7) is 2.17. The van der Waals surface area contributed by atoms with E-state index in [0.29, 0.717) is 41.0 Å². The molecule has 0 bridgehead atoms. The first-order valence-corrected chi connectivity index (χ1v) is 12.3. The maximum Gasteiger partial charge on any atom is 0.244 e. The Hall–Kier alpha value is -1.56. The van der Waals surface area contributed by atoms with Crippen molar-refractivity contribution >= 4 is 44.2 Å². The predicted octanol–water partition coefficient (Wildman–Crippen LogP) is 3.11. The van der Waals surface area contributed by atoms with Crippen LogP contribution in [0.15, 0.2) is 28.6 Å². The zero-order chi connectivity index (χ0) is 20.1. The number of carbonyl (C=O) groups excluding carboxylic acids is 1. The van der Waals surface area contributed by atoms with Crippen molar-refractivity contribution in [1.29, 1.82) is 0 Å². The number of nitrogens with one attached hydrogen (secondary N) is 1. The lowest BCUT2D eigenvalue weighted by Gasteiger charge is -2.22. The molecule has 1 aliphatic rings. The molecular formula is C17H21FN4O3S3. The van der Waals surface area contributed by atoms with Crippen molar-refractivity contribution in [3.8, 4) is 0 Å². The Balaban J connectivity index is 1.58. The largest absolute Gasteiger partial charge is 0.299 e. The van der Waals surface area contributed by atoms with Crippen molar-refractivity contribution in [3.63, 3.8) is 0 Å². The topological polar surface area (TPSA) is 92.3 Å². The molecule has 1 fully saturated rings. The molecule has 1 aliphatic heterocycles. The number of amides is 1. The number of benzene rings is 1. The van der Waals surface area contributed by atoms with Crippen molar-refractivity contribution in [2.24, 2.45) is 0 Å². The Morgan fingerprint density at radius 2 is 2.11 bits per heavy atom. The second-order valence-corrected chi connectivity index (χ2v) is 10.6. The summed E-state index contributed by atoms with van der Waals surface area (Å²) in [7, 11) is -3.42. The van der Waals surface area contributed by atoms with Gasteiger partial charge >= 0.3 is 0 Å². The lowest BCUT2D eigenvalue weighted by Crippen LogP contribution is -2.44. The number of hydrogen-bond donors (Lipinski definition) is 1. The summed E-state index contributed by atoms with van der Waals surface area (Å²) >= 11 is 2.66. The Labute approximate surface area is 171 Å². The van der Waals surface area contributed by atoms with Gasteiger partial charge in [0.2, 0.25) is 21.1 Å². The van der Waals surface area contributed by atoms with Gasteiger partial charge in [0.1, 0.15) is 11.9 Å². The molecule has 1 atom stereocenters. The first-order chi connectivity index (χ1) is 13.4. The van der Waals surface area contributed by atoms with Crippen LogP contribution in [0.1, 0.15) is 31.7 Å².